The summed E-state index contributed by atoms with van der Waals surface area (Å²) in [5.74, 6) is 0.407. The smallest absolute Gasteiger partial charge is 0.338 e. The van der Waals surface area contributed by atoms with E-state index >= 15 is 0 Å². The lowest BCUT2D eigenvalue weighted by molar-refractivity contribution is -0.129. The molecular weight excluding hydrogens is 392 g/mol. The maximum Gasteiger partial charge on any atom is 0.338 e. The van der Waals surface area contributed by atoms with Gasteiger partial charge in [-0.15, -0.1) is 11.3 Å². The Labute approximate surface area is 172 Å². The Bertz CT molecular complexity index is 944. The summed E-state index contributed by atoms with van der Waals surface area (Å²) in [5.41, 5.74) is 2.03. The van der Waals surface area contributed by atoms with E-state index in [1.54, 1.807) is 42.5 Å². The van der Waals surface area contributed by atoms with Gasteiger partial charge in [0.1, 0.15) is 18.1 Å². The van der Waals surface area contributed by atoms with Gasteiger partial charge in [-0.3, -0.25) is 4.79 Å². The summed E-state index contributed by atoms with van der Waals surface area (Å²) >= 11 is 1.55. The molecule has 1 aromatic carbocycles. The zero-order chi connectivity index (χ0) is 20.8. The maximum atomic E-state index is 12.3. The average Bonchev–Trinajstić information content (AvgIpc) is 3.35. The van der Waals surface area contributed by atoms with Crippen LogP contribution in [-0.2, 0) is 22.7 Å². The van der Waals surface area contributed by atoms with Crippen LogP contribution in [0.15, 0.2) is 46.3 Å². The molecule has 0 saturated carbocycles. The molecule has 0 spiro atoms. The van der Waals surface area contributed by atoms with Gasteiger partial charge >= 0.3 is 5.97 Å². The number of aromatic nitrogens is 1. The second-order valence-electron chi connectivity index (χ2n) is 6.46. The number of esters is 1. The average molecular weight is 414 g/mol. The van der Waals surface area contributed by atoms with Crippen molar-refractivity contribution in [1.29, 1.82) is 0 Å². The van der Waals surface area contributed by atoms with Crippen molar-refractivity contribution < 1.29 is 23.6 Å². The molecule has 0 saturated heterocycles. The summed E-state index contributed by atoms with van der Waals surface area (Å²) < 4.78 is 16.1. The third kappa shape index (κ3) is 5.45. The molecule has 3 aromatic rings. The van der Waals surface area contributed by atoms with Crippen molar-refractivity contribution >= 4 is 23.2 Å². The Kier molecular flexibility index (Phi) is 6.66. The van der Waals surface area contributed by atoms with Gasteiger partial charge in [0.05, 0.1) is 23.4 Å². The zero-order valence-corrected chi connectivity index (χ0v) is 17.2. The van der Waals surface area contributed by atoms with E-state index in [1.807, 2.05) is 31.4 Å². The van der Waals surface area contributed by atoms with Gasteiger partial charge in [-0.1, -0.05) is 11.2 Å². The van der Waals surface area contributed by atoms with Gasteiger partial charge in [-0.25, -0.2) is 4.79 Å². The fourth-order valence-corrected chi connectivity index (χ4v) is 3.21. The fourth-order valence-electron chi connectivity index (χ4n) is 2.56. The van der Waals surface area contributed by atoms with Crippen LogP contribution in [0.5, 0.6) is 5.75 Å². The van der Waals surface area contributed by atoms with Crippen molar-refractivity contribution in [3.05, 3.63) is 69.2 Å². The van der Waals surface area contributed by atoms with Gasteiger partial charge in [-0.05, 0) is 56.5 Å². The molecule has 0 fully saturated rings. The topological polar surface area (TPSA) is 90.7 Å². The van der Waals surface area contributed by atoms with Crippen molar-refractivity contribution in [2.75, 3.05) is 0 Å². The van der Waals surface area contributed by atoms with Crippen LogP contribution in [0.4, 0.5) is 0 Å². The number of benzene rings is 1. The standard InChI is InChI=1S/C21H22N2O5S/c1-13-19(14(2)28-23-13)12-26-17-8-6-16(7-9-17)21(25)27-15(3)20(24)22-11-18-5-4-10-29-18/h4-10,15H,11-12H2,1-3H3,(H,22,24)/t15-/m0/s1. The van der Waals surface area contributed by atoms with Gasteiger partial charge in [0.15, 0.2) is 6.10 Å². The molecule has 1 N–H and O–H groups in total. The lowest BCUT2D eigenvalue weighted by Crippen LogP contribution is -2.35. The van der Waals surface area contributed by atoms with Crippen LogP contribution in [0.1, 0.15) is 39.2 Å². The van der Waals surface area contributed by atoms with E-state index in [0.717, 1.165) is 16.1 Å². The molecule has 2 aromatic heterocycles. The zero-order valence-electron chi connectivity index (χ0n) is 16.4. The molecule has 0 unspecified atom stereocenters. The number of thiophene rings is 1. The first kappa shape index (κ1) is 20.6. The summed E-state index contributed by atoms with van der Waals surface area (Å²) in [4.78, 5) is 25.4. The van der Waals surface area contributed by atoms with Crippen LogP contribution < -0.4 is 10.1 Å². The highest BCUT2D eigenvalue weighted by Crippen LogP contribution is 2.18. The van der Waals surface area contributed by atoms with Gasteiger partial charge < -0.3 is 19.3 Å². The van der Waals surface area contributed by atoms with Gasteiger partial charge in [0.25, 0.3) is 5.91 Å². The maximum absolute atomic E-state index is 12.3. The minimum Gasteiger partial charge on any atom is -0.489 e. The van der Waals surface area contributed by atoms with E-state index in [2.05, 4.69) is 10.5 Å². The van der Waals surface area contributed by atoms with E-state index in [4.69, 9.17) is 14.0 Å². The van der Waals surface area contributed by atoms with Crippen LogP contribution in [0.2, 0.25) is 0 Å². The highest BCUT2D eigenvalue weighted by molar-refractivity contribution is 7.09. The first-order valence-corrected chi connectivity index (χ1v) is 9.97. The van der Waals surface area contributed by atoms with Gasteiger partial charge in [0.2, 0.25) is 0 Å². The Morgan fingerprint density at radius 1 is 1.21 bits per heavy atom. The SMILES string of the molecule is Cc1noc(C)c1COc1ccc(C(=O)O[C@@H](C)C(=O)NCc2cccs2)cc1. The lowest BCUT2D eigenvalue weighted by atomic mass is 10.2. The van der Waals surface area contributed by atoms with E-state index in [1.165, 1.54) is 0 Å². The monoisotopic (exact) mass is 414 g/mol. The second kappa shape index (κ2) is 9.38. The molecular formula is C21H22N2O5S. The molecule has 0 aliphatic carbocycles. The van der Waals surface area contributed by atoms with E-state index in [-0.39, 0.29) is 5.91 Å². The first-order chi connectivity index (χ1) is 13.9. The Hall–Kier alpha value is -3.13. The van der Waals surface area contributed by atoms with Crippen molar-refractivity contribution in [3.8, 4) is 5.75 Å². The van der Waals surface area contributed by atoms with Gasteiger partial charge in [0, 0.05) is 4.88 Å². The number of hydrogen-bond acceptors (Lipinski definition) is 7. The molecule has 8 heteroatoms. The second-order valence-corrected chi connectivity index (χ2v) is 7.49. The molecule has 29 heavy (non-hydrogen) atoms. The van der Waals surface area contributed by atoms with Crippen molar-refractivity contribution in [2.45, 2.75) is 40.0 Å². The molecule has 2 heterocycles. The number of rotatable bonds is 8. The van der Waals surface area contributed by atoms with Gasteiger partial charge in [-0.2, -0.15) is 0 Å². The Balaban J connectivity index is 1.49. The third-order valence-corrected chi connectivity index (χ3v) is 5.20. The molecule has 0 aliphatic heterocycles. The molecule has 0 aliphatic rings. The highest BCUT2D eigenvalue weighted by atomic mass is 32.1. The molecule has 0 radical (unpaired) electrons. The summed E-state index contributed by atoms with van der Waals surface area (Å²) in [7, 11) is 0. The number of ether oxygens (including phenoxy) is 2. The van der Waals surface area contributed by atoms with E-state index in [0.29, 0.717) is 30.2 Å². The van der Waals surface area contributed by atoms with Crippen molar-refractivity contribution in [1.82, 2.24) is 10.5 Å². The number of nitrogens with zero attached hydrogens (tertiary/aromatic N) is 1. The van der Waals surface area contributed by atoms with Crippen LogP contribution in [-0.4, -0.2) is 23.1 Å². The highest BCUT2D eigenvalue weighted by Gasteiger charge is 2.19. The summed E-state index contributed by atoms with van der Waals surface area (Å²) in [6.45, 7) is 5.96. The molecule has 152 valence electrons. The minimum absolute atomic E-state index is 0.326. The van der Waals surface area contributed by atoms with Crippen LogP contribution in [0.3, 0.4) is 0 Å². The third-order valence-electron chi connectivity index (χ3n) is 4.32. The van der Waals surface area contributed by atoms with Crippen molar-refractivity contribution in [2.24, 2.45) is 0 Å². The normalized spacial score (nSPS) is 11.7. The van der Waals surface area contributed by atoms with Crippen LogP contribution in [0.25, 0.3) is 0 Å². The summed E-state index contributed by atoms with van der Waals surface area (Å²) in [6.07, 6.45) is -0.891. The summed E-state index contributed by atoms with van der Waals surface area (Å²) in [5, 5.41) is 8.58. The molecule has 7 nitrogen and oxygen atoms in total. The van der Waals surface area contributed by atoms with E-state index < -0.39 is 12.1 Å². The van der Waals surface area contributed by atoms with E-state index in [9.17, 15) is 9.59 Å². The molecule has 1 amide bonds. The Morgan fingerprint density at radius 2 is 1.97 bits per heavy atom. The Morgan fingerprint density at radius 3 is 2.59 bits per heavy atom. The first-order valence-electron chi connectivity index (χ1n) is 9.09. The number of amides is 1. The largest absolute Gasteiger partial charge is 0.489 e. The predicted octanol–water partition coefficient (Wildman–Crippen LogP) is 3.79. The van der Waals surface area contributed by atoms with Crippen LogP contribution in [0, 0.1) is 13.8 Å². The lowest BCUT2D eigenvalue weighted by Gasteiger charge is -2.13. The van der Waals surface area contributed by atoms with Crippen LogP contribution >= 0.6 is 11.3 Å². The number of hydrogen-bond donors (Lipinski definition) is 1. The fraction of sp³-hybridized carbons (Fsp3) is 0.286. The summed E-state index contributed by atoms with van der Waals surface area (Å²) in [6, 6.07) is 10.4. The quantitative estimate of drug-likeness (QED) is 0.564. The number of carbonyl (C=O) groups is 2. The number of nitrogens with one attached hydrogen (secondary N) is 1. The predicted molar refractivity (Wildman–Crippen MR) is 108 cm³/mol. The molecule has 0 bridgehead atoms. The molecule has 3 rings (SSSR count). The number of carbonyl (C=O) groups excluding carboxylic acids is 2. The minimum atomic E-state index is -0.891. The number of aryl methyl sites for hydroxylation is 2. The van der Waals surface area contributed by atoms with Crippen molar-refractivity contribution in [3.63, 3.8) is 0 Å². The molecule has 1 atom stereocenters.